The van der Waals surface area contributed by atoms with E-state index in [0.29, 0.717) is 34.2 Å². The van der Waals surface area contributed by atoms with E-state index < -0.39 is 0 Å². The minimum absolute atomic E-state index is 0.562. The molecule has 82 valence electrons. The first-order valence-corrected chi connectivity index (χ1v) is 5.75. The monoisotopic (exact) mass is 245 g/mol. The van der Waals surface area contributed by atoms with Crippen LogP contribution in [0.5, 0.6) is 5.75 Å². The predicted octanol–water partition coefficient (Wildman–Crippen LogP) is 2.97. The summed E-state index contributed by atoms with van der Waals surface area (Å²) in [6, 6.07) is 5.35. The fourth-order valence-electron chi connectivity index (χ4n) is 1.61. The zero-order valence-corrected chi connectivity index (χ0v) is 9.76. The van der Waals surface area contributed by atoms with Gasteiger partial charge in [0.1, 0.15) is 0 Å². The van der Waals surface area contributed by atoms with Gasteiger partial charge in [0.2, 0.25) is 0 Å². The Balaban J connectivity index is 1.94. The van der Waals surface area contributed by atoms with E-state index in [-0.39, 0.29) is 0 Å². The van der Waals surface area contributed by atoms with Crippen LogP contribution in [0.4, 0.5) is 0 Å². The van der Waals surface area contributed by atoms with Crippen LogP contribution in [-0.2, 0) is 0 Å². The minimum atomic E-state index is 0.562. The van der Waals surface area contributed by atoms with Crippen LogP contribution in [0.2, 0.25) is 10.0 Å². The maximum atomic E-state index is 5.97. The van der Waals surface area contributed by atoms with E-state index in [1.54, 1.807) is 18.2 Å². The average molecular weight is 246 g/mol. The molecule has 0 bridgehead atoms. The Morgan fingerprint density at radius 1 is 1.27 bits per heavy atom. The van der Waals surface area contributed by atoms with Crippen molar-refractivity contribution in [2.24, 2.45) is 17.6 Å². The summed E-state index contributed by atoms with van der Waals surface area (Å²) in [5.41, 5.74) is 5.55. The fourth-order valence-corrected chi connectivity index (χ4v) is 2.12. The Hall–Kier alpha value is -0.440. The van der Waals surface area contributed by atoms with Crippen molar-refractivity contribution in [1.29, 1.82) is 0 Å². The van der Waals surface area contributed by atoms with Gasteiger partial charge in [0.05, 0.1) is 16.7 Å². The van der Waals surface area contributed by atoms with E-state index in [1.807, 2.05) is 0 Å². The van der Waals surface area contributed by atoms with Gasteiger partial charge in [0.15, 0.2) is 5.75 Å². The highest BCUT2D eigenvalue weighted by Gasteiger charge is 2.36. The summed E-state index contributed by atoms with van der Waals surface area (Å²) in [6.45, 7) is 1.40. The number of halogens is 2. The SMILES string of the molecule is NCC1CC1COc1c(Cl)cccc1Cl. The molecule has 1 aromatic rings. The molecule has 0 heterocycles. The third kappa shape index (κ3) is 2.57. The van der Waals surface area contributed by atoms with Gasteiger partial charge in [0.25, 0.3) is 0 Å². The number of rotatable bonds is 4. The van der Waals surface area contributed by atoms with Crippen molar-refractivity contribution in [2.45, 2.75) is 6.42 Å². The lowest BCUT2D eigenvalue weighted by atomic mass is 10.3. The largest absolute Gasteiger partial charge is 0.490 e. The average Bonchev–Trinajstić information content (AvgIpc) is 2.96. The van der Waals surface area contributed by atoms with Crippen molar-refractivity contribution in [2.75, 3.05) is 13.2 Å². The Kier molecular flexibility index (Phi) is 3.39. The first kappa shape index (κ1) is 11.1. The van der Waals surface area contributed by atoms with Crippen LogP contribution in [0.25, 0.3) is 0 Å². The van der Waals surface area contributed by atoms with Crippen molar-refractivity contribution in [1.82, 2.24) is 0 Å². The highest BCUT2D eigenvalue weighted by atomic mass is 35.5. The highest BCUT2D eigenvalue weighted by molar-refractivity contribution is 6.37. The van der Waals surface area contributed by atoms with Gasteiger partial charge < -0.3 is 10.5 Å². The first-order chi connectivity index (χ1) is 7.22. The maximum Gasteiger partial charge on any atom is 0.156 e. The standard InChI is InChI=1S/C11H13Cl2NO/c12-9-2-1-3-10(13)11(9)15-6-8-4-7(8)5-14/h1-3,7-8H,4-6,14H2. The van der Waals surface area contributed by atoms with Crippen LogP contribution in [-0.4, -0.2) is 13.2 Å². The van der Waals surface area contributed by atoms with Crippen molar-refractivity contribution in [3.8, 4) is 5.75 Å². The lowest BCUT2D eigenvalue weighted by Crippen LogP contribution is -2.07. The van der Waals surface area contributed by atoms with Gasteiger partial charge in [-0.15, -0.1) is 0 Å². The molecule has 0 aliphatic heterocycles. The topological polar surface area (TPSA) is 35.2 Å². The molecule has 0 radical (unpaired) electrons. The number of ether oxygens (including phenoxy) is 1. The third-order valence-electron chi connectivity index (χ3n) is 2.73. The van der Waals surface area contributed by atoms with Crippen molar-refractivity contribution >= 4 is 23.2 Å². The smallest absolute Gasteiger partial charge is 0.156 e. The molecule has 2 atom stereocenters. The minimum Gasteiger partial charge on any atom is -0.490 e. The van der Waals surface area contributed by atoms with Gasteiger partial charge in [-0.1, -0.05) is 29.3 Å². The molecule has 0 spiro atoms. The van der Waals surface area contributed by atoms with Gasteiger partial charge in [0, 0.05) is 0 Å². The van der Waals surface area contributed by atoms with Gasteiger partial charge in [-0.25, -0.2) is 0 Å². The second-order valence-electron chi connectivity index (χ2n) is 3.85. The van der Waals surface area contributed by atoms with Crippen molar-refractivity contribution < 1.29 is 4.74 Å². The van der Waals surface area contributed by atoms with Crippen molar-refractivity contribution in [3.63, 3.8) is 0 Å². The summed E-state index contributed by atoms with van der Waals surface area (Å²) in [5, 5.41) is 1.12. The molecule has 0 amide bonds. The highest BCUT2D eigenvalue weighted by Crippen LogP contribution is 2.39. The Labute approximate surface area is 99.3 Å². The van der Waals surface area contributed by atoms with E-state index in [1.165, 1.54) is 0 Å². The Bertz CT molecular complexity index is 336. The predicted molar refractivity (Wildman–Crippen MR) is 62.6 cm³/mol. The summed E-state index contributed by atoms with van der Waals surface area (Å²) < 4.78 is 5.60. The molecule has 1 fully saturated rings. The quantitative estimate of drug-likeness (QED) is 0.886. The molecular weight excluding hydrogens is 233 g/mol. The number of benzene rings is 1. The van der Waals surface area contributed by atoms with Gasteiger partial charge in [-0.3, -0.25) is 0 Å². The van der Waals surface area contributed by atoms with Crippen LogP contribution >= 0.6 is 23.2 Å². The molecule has 4 heteroatoms. The molecular formula is C11H13Cl2NO. The molecule has 0 saturated heterocycles. The van der Waals surface area contributed by atoms with Crippen molar-refractivity contribution in [3.05, 3.63) is 28.2 Å². The van der Waals surface area contributed by atoms with Crippen LogP contribution in [0.3, 0.4) is 0 Å². The molecule has 2 unspecified atom stereocenters. The molecule has 2 rings (SSSR count). The van der Waals surface area contributed by atoms with Crippen LogP contribution in [0.15, 0.2) is 18.2 Å². The molecule has 1 aliphatic rings. The molecule has 15 heavy (non-hydrogen) atoms. The van der Waals surface area contributed by atoms with E-state index in [9.17, 15) is 0 Å². The summed E-state index contributed by atoms with van der Waals surface area (Å²) in [5.74, 6) is 1.78. The van der Waals surface area contributed by atoms with E-state index in [2.05, 4.69) is 0 Å². The van der Waals surface area contributed by atoms with Crippen LogP contribution in [0.1, 0.15) is 6.42 Å². The maximum absolute atomic E-state index is 5.97. The van der Waals surface area contributed by atoms with E-state index in [0.717, 1.165) is 13.0 Å². The van der Waals surface area contributed by atoms with Gasteiger partial charge >= 0.3 is 0 Å². The van der Waals surface area contributed by atoms with E-state index >= 15 is 0 Å². The number of nitrogens with two attached hydrogens (primary N) is 1. The summed E-state index contributed by atoms with van der Waals surface area (Å²) >= 11 is 11.9. The molecule has 1 aromatic carbocycles. The van der Waals surface area contributed by atoms with E-state index in [4.69, 9.17) is 33.7 Å². The molecule has 2 N–H and O–H groups in total. The Morgan fingerprint density at radius 2 is 1.93 bits per heavy atom. The number of para-hydroxylation sites is 1. The normalized spacial score (nSPS) is 23.9. The molecule has 1 aliphatic carbocycles. The summed E-state index contributed by atoms with van der Waals surface area (Å²) in [6.07, 6.45) is 1.15. The summed E-state index contributed by atoms with van der Waals surface area (Å²) in [7, 11) is 0. The lowest BCUT2D eigenvalue weighted by molar-refractivity contribution is 0.292. The zero-order valence-electron chi connectivity index (χ0n) is 8.25. The number of hydrogen-bond donors (Lipinski definition) is 1. The molecule has 2 nitrogen and oxygen atoms in total. The zero-order chi connectivity index (χ0) is 10.8. The first-order valence-electron chi connectivity index (χ1n) is 4.99. The fraction of sp³-hybridized carbons (Fsp3) is 0.455. The Morgan fingerprint density at radius 3 is 2.47 bits per heavy atom. The molecule has 0 aromatic heterocycles. The molecule has 1 saturated carbocycles. The lowest BCUT2D eigenvalue weighted by Gasteiger charge is -2.09. The van der Waals surface area contributed by atoms with Crippen LogP contribution in [0, 0.1) is 11.8 Å². The third-order valence-corrected chi connectivity index (χ3v) is 3.33. The van der Waals surface area contributed by atoms with Gasteiger partial charge in [-0.2, -0.15) is 0 Å². The van der Waals surface area contributed by atoms with Gasteiger partial charge in [-0.05, 0) is 36.9 Å². The second-order valence-corrected chi connectivity index (χ2v) is 4.67. The van der Waals surface area contributed by atoms with Crippen LogP contribution < -0.4 is 10.5 Å². The second kappa shape index (κ2) is 4.60. The summed E-state index contributed by atoms with van der Waals surface area (Å²) in [4.78, 5) is 0. The number of hydrogen-bond acceptors (Lipinski definition) is 2.